The first-order valence-corrected chi connectivity index (χ1v) is 7.06. The van der Waals surface area contributed by atoms with Gasteiger partial charge >= 0.3 is 0 Å². The SMILES string of the molecule is CCCNC(=O)CNC(C)c1cc(Cl)sc1Cl. The second-order valence-corrected chi connectivity index (χ2v) is 6.02. The number of carbonyl (C=O) groups is 1. The van der Waals surface area contributed by atoms with Crippen LogP contribution in [-0.2, 0) is 4.79 Å². The summed E-state index contributed by atoms with van der Waals surface area (Å²) in [6.07, 6.45) is 0.938. The van der Waals surface area contributed by atoms with Crippen molar-refractivity contribution >= 4 is 40.4 Å². The molecule has 0 aliphatic carbocycles. The van der Waals surface area contributed by atoms with Gasteiger partial charge in [0.25, 0.3) is 0 Å². The molecule has 1 unspecified atom stereocenters. The van der Waals surface area contributed by atoms with Crippen LogP contribution in [-0.4, -0.2) is 19.0 Å². The van der Waals surface area contributed by atoms with Crippen LogP contribution in [0.5, 0.6) is 0 Å². The van der Waals surface area contributed by atoms with Crippen LogP contribution < -0.4 is 10.6 Å². The molecule has 0 radical (unpaired) electrons. The zero-order chi connectivity index (χ0) is 12.8. The molecule has 0 saturated heterocycles. The van der Waals surface area contributed by atoms with Crippen LogP contribution in [0.3, 0.4) is 0 Å². The van der Waals surface area contributed by atoms with Crippen molar-refractivity contribution < 1.29 is 4.79 Å². The van der Waals surface area contributed by atoms with E-state index in [4.69, 9.17) is 23.2 Å². The summed E-state index contributed by atoms with van der Waals surface area (Å²) < 4.78 is 1.33. The predicted octanol–water partition coefficient (Wildman–Crippen LogP) is 3.23. The molecule has 1 atom stereocenters. The molecule has 1 heterocycles. The Kier molecular flexibility index (Phi) is 6.27. The van der Waals surface area contributed by atoms with Gasteiger partial charge in [-0.15, -0.1) is 11.3 Å². The van der Waals surface area contributed by atoms with Crippen LogP contribution in [0.15, 0.2) is 6.07 Å². The van der Waals surface area contributed by atoms with Gasteiger partial charge < -0.3 is 10.6 Å². The fourth-order valence-electron chi connectivity index (χ4n) is 1.33. The van der Waals surface area contributed by atoms with E-state index in [1.807, 2.05) is 19.9 Å². The van der Waals surface area contributed by atoms with Crippen molar-refractivity contribution in [3.8, 4) is 0 Å². The summed E-state index contributed by atoms with van der Waals surface area (Å²) in [7, 11) is 0. The van der Waals surface area contributed by atoms with Crippen molar-refractivity contribution in [2.45, 2.75) is 26.3 Å². The molecule has 1 amide bonds. The Morgan fingerprint density at radius 3 is 2.76 bits per heavy atom. The lowest BCUT2D eigenvalue weighted by Crippen LogP contribution is -2.35. The minimum Gasteiger partial charge on any atom is -0.355 e. The fraction of sp³-hybridized carbons (Fsp3) is 0.545. The van der Waals surface area contributed by atoms with E-state index in [0.29, 0.717) is 15.2 Å². The van der Waals surface area contributed by atoms with Crippen LogP contribution >= 0.6 is 34.5 Å². The highest BCUT2D eigenvalue weighted by atomic mass is 35.5. The maximum atomic E-state index is 11.4. The van der Waals surface area contributed by atoms with Gasteiger partial charge in [0.15, 0.2) is 0 Å². The quantitative estimate of drug-likeness (QED) is 0.846. The summed E-state index contributed by atoms with van der Waals surface area (Å²) in [5.74, 6) is -0.00357. The van der Waals surface area contributed by atoms with E-state index in [-0.39, 0.29) is 18.5 Å². The lowest BCUT2D eigenvalue weighted by molar-refractivity contribution is -0.120. The largest absolute Gasteiger partial charge is 0.355 e. The van der Waals surface area contributed by atoms with Crippen molar-refractivity contribution in [3.63, 3.8) is 0 Å². The third kappa shape index (κ3) is 4.84. The monoisotopic (exact) mass is 294 g/mol. The number of hydrogen-bond acceptors (Lipinski definition) is 3. The summed E-state index contributed by atoms with van der Waals surface area (Å²) in [6, 6.07) is 1.84. The van der Waals surface area contributed by atoms with E-state index in [1.54, 1.807) is 0 Å². The molecule has 0 aliphatic rings. The molecule has 6 heteroatoms. The molecule has 1 aromatic heterocycles. The van der Waals surface area contributed by atoms with Crippen LogP contribution in [0.1, 0.15) is 31.9 Å². The molecule has 0 spiro atoms. The van der Waals surface area contributed by atoms with Crippen LogP contribution in [0.25, 0.3) is 0 Å². The zero-order valence-electron chi connectivity index (χ0n) is 9.85. The van der Waals surface area contributed by atoms with Gasteiger partial charge in [-0.25, -0.2) is 0 Å². The normalized spacial score (nSPS) is 12.5. The Morgan fingerprint density at radius 2 is 2.24 bits per heavy atom. The smallest absolute Gasteiger partial charge is 0.233 e. The van der Waals surface area contributed by atoms with E-state index in [1.165, 1.54) is 11.3 Å². The van der Waals surface area contributed by atoms with Gasteiger partial charge in [0, 0.05) is 12.6 Å². The Bertz CT molecular complexity index is 382. The molecular weight excluding hydrogens is 279 g/mol. The second kappa shape index (κ2) is 7.21. The highest BCUT2D eigenvalue weighted by Crippen LogP contribution is 2.34. The van der Waals surface area contributed by atoms with Gasteiger partial charge in [0.05, 0.1) is 15.2 Å². The van der Waals surface area contributed by atoms with Crippen LogP contribution in [0, 0.1) is 0 Å². The summed E-state index contributed by atoms with van der Waals surface area (Å²) in [5, 5.41) is 5.91. The highest BCUT2D eigenvalue weighted by molar-refractivity contribution is 7.20. The van der Waals surface area contributed by atoms with Gasteiger partial charge in [-0.3, -0.25) is 4.79 Å². The summed E-state index contributed by atoms with van der Waals surface area (Å²) >= 11 is 13.2. The lowest BCUT2D eigenvalue weighted by atomic mass is 10.2. The highest BCUT2D eigenvalue weighted by Gasteiger charge is 2.13. The molecule has 3 nitrogen and oxygen atoms in total. The summed E-state index contributed by atoms with van der Waals surface area (Å²) in [4.78, 5) is 11.4. The van der Waals surface area contributed by atoms with Crippen LogP contribution in [0.2, 0.25) is 8.67 Å². The molecule has 0 aromatic carbocycles. The Balaban J connectivity index is 2.42. The molecule has 0 fully saturated rings. The molecule has 0 aliphatic heterocycles. The van der Waals surface area contributed by atoms with E-state index in [2.05, 4.69) is 10.6 Å². The molecule has 96 valence electrons. The number of halogens is 2. The third-order valence-corrected chi connectivity index (χ3v) is 3.81. The summed E-state index contributed by atoms with van der Waals surface area (Å²) in [6.45, 7) is 4.96. The van der Waals surface area contributed by atoms with Gasteiger partial charge in [-0.2, -0.15) is 0 Å². The molecule has 1 aromatic rings. The van der Waals surface area contributed by atoms with Crippen molar-refractivity contribution in [3.05, 3.63) is 20.3 Å². The predicted molar refractivity (Wildman–Crippen MR) is 74.1 cm³/mol. The maximum Gasteiger partial charge on any atom is 0.233 e. The molecule has 2 N–H and O–H groups in total. The number of amides is 1. The Labute approximate surface area is 115 Å². The molecule has 17 heavy (non-hydrogen) atoms. The molecule has 0 bridgehead atoms. The van der Waals surface area contributed by atoms with Crippen molar-refractivity contribution in [1.82, 2.24) is 10.6 Å². The van der Waals surface area contributed by atoms with Gasteiger partial charge in [-0.1, -0.05) is 30.1 Å². The van der Waals surface area contributed by atoms with E-state index >= 15 is 0 Å². The minimum absolute atomic E-state index is 0.00357. The van der Waals surface area contributed by atoms with Gasteiger partial charge in [0.1, 0.15) is 0 Å². The standard InChI is InChI=1S/C11H16Cl2N2OS/c1-3-4-14-10(16)6-15-7(2)8-5-9(12)17-11(8)13/h5,7,15H,3-4,6H2,1-2H3,(H,14,16). The molecule has 0 saturated carbocycles. The van der Waals surface area contributed by atoms with Crippen LogP contribution in [0.4, 0.5) is 0 Å². The molecular formula is C11H16Cl2N2OS. The number of hydrogen-bond donors (Lipinski definition) is 2. The first-order chi connectivity index (χ1) is 8.04. The van der Waals surface area contributed by atoms with E-state index in [0.717, 1.165) is 12.0 Å². The number of thiophene rings is 1. The number of carbonyl (C=O) groups excluding carboxylic acids is 1. The van der Waals surface area contributed by atoms with Gasteiger partial charge in [-0.05, 0) is 25.0 Å². The first-order valence-electron chi connectivity index (χ1n) is 5.49. The average Bonchev–Trinajstić information content (AvgIpc) is 2.62. The third-order valence-electron chi connectivity index (χ3n) is 2.29. The zero-order valence-corrected chi connectivity index (χ0v) is 12.2. The number of rotatable bonds is 6. The van der Waals surface area contributed by atoms with Crippen molar-refractivity contribution in [2.24, 2.45) is 0 Å². The van der Waals surface area contributed by atoms with E-state index < -0.39 is 0 Å². The first kappa shape index (κ1) is 14.8. The topological polar surface area (TPSA) is 41.1 Å². The lowest BCUT2D eigenvalue weighted by Gasteiger charge is -2.12. The summed E-state index contributed by atoms with van der Waals surface area (Å²) in [5.41, 5.74) is 0.935. The molecule has 1 rings (SSSR count). The fourth-order valence-corrected chi connectivity index (χ4v) is 2.98. The maximum absolute atomic E-state index is 11.4. The average molecular weight is 295 g/mol. The Morgan fingerprint density at radius 1 is 1.53 bits per heavy atom. The van der Waals surface area contributed by atoms with Gasteiger partial charge in [0.2, 0.25) is 5.91 Å². The number of nitrogens with one attached hydrogen (secondary N) is 2. The van der Waals surface area contributed by atoms with Crippen molar-refractivity contribution in [2.75, 3.05) is 13.1 Å². The Hall–Kier alpha value is -0.290. The minimum atomic E-state index is -0.00357. The second-order valence-electron chi connectivity index (χ2n) is 3.73. The van der Waals surface area contributed by atoms with E-state index in [9.17, 15) is 4.79 Å². The van der Waals surface area contributed by atoms with Crippen molar-refractivity contribution in [1.29, 1.82) is 0 Å².